The Morgan fingerprint density at radius 1 is 0.944 bits per heavy atom. The number of alkyl halides is 5. The van der Waals surface area contributed by atoms with Crippen molar-refractivity contribution < 1.29 is 22.0 Å². The maximum Gasteiger partial charge on any atom is 0.300 e. The summed E-state index contributed by atoms with van der Waals surface area (Å²) in [5.74, 6) is -9.73. The molecule has 0 amide bonds. The Hall–Kier alpha value is -0.390. The monoisotopic (exact) mass is 275 g/mol. The standard InChI is InChI=1S/C12H22F5N/c1-8(2)12(17,10(5,13)14)11(15,16)7-18(6)9(3)4/h8-9H,7H2,1-6H3. The SMILES string of the molecule is CC(C)N(C)CC(F)(F)C(F)(C(C)C)C(C)(F)F. The smallest absolute Gasteiger partial charge is 0.298 e. The van der Waals surface area contributed by atoms with Gasteiger partial charge in [-0.05, 0) is 26.8 Å². The van der Waals surface area contributed by atoms with Gasteiger partial charge in [0.25, 0.3) is 11.8 Å². The first kappa shape index (κ1) is 17.6. The van der Waals surface area contributed by atoms with E-state index in [0.717, 1.165) is 18.7 Å². The lowest BCUT2D eigenvalue weighted by Gasteiger charge is -2.42. The molecule has 0 heterocycles. The zero-order valence-corrected chi connectivity index (χ0v) is 11.7. The molecule has 1 unspecified atom stereocenters. The van der Waals surface area contributed by atoms with Crippen molar-refractivity contribution in [2.24, 2.45) is 5.92 Å². The molecule has 0 aromatic rings. The normalized spacial score (nSPS) is 17.7. The van der Waals surface area contributed by atoms with Gasteiger partial charge in [-0.15, -0.1) is 0 Å². The third kappa shape index (κ3) is 3.13. The van der Waals surface area contributed by atoms with Gasteiger partial charge in [0.2, 0.25) is 5.67 Å². The van der Waals surface area contributed by atoms with Crippen molar-refractivity contribution in [2.45, 2.75) is 58.2 Å². The van der Waals surface area contributed by atoms with Crippen molar-refractivity contribution in [1.82, 2.24) is 4.90 Å². The molecule has 0 fully saturated rings. The van der Waals surface area contributed by atoms with Gasteiger partial charge in [0, 0.05) is 13.0 Å². The van der Waals surface area contributed by atoms with Gasteiger partial charge in [0.1, 0.15) is 0 Å². The molecule has 6 heteroatoms. The van der Waals surface area contributed by atoms with E-state index in [1.165, 1.54) is 7.05 Å². The summed E-state index contributed by atoms with van der Waals surface area (Å²) in [6.45, 7) is 4.52. The summed E-state index contributed by atoms with van der Waals surface area (Å²) in [5.41, 5.74) is -3.86. The third-order valence-electron chi connectivity index (χ3n) is 3.30. The van der Waals surface area contributed by atoms with Crippen LogP contribution in [0.1, 0.15) is 34.6 Å². The third-order valence-corrected chi connectivity index (χ3v) is 3.30. The average Bonchev–Trinajstić information content (AvgIpc) is 2.12. The lowest BCUT2D eigenvalue weighted by atomic mass is 9.80. The fraction of sp³-hybridized carbons (Fsp3) is 1.00. The molecule has 0 aliphatic carbocycles. The van der Waals surface area contributed by atoms with Crippen LogP contribution < -0.4 is 0 Å². The second kappa shape index (κ2) is 5.31. The van der Waals surface area contributed by atoms with E-state index in [0.29, 0.717) is 0 Å². The van der Waals surface area contributed by atoms with E-state index in [9.17, 15) is 22.0 Å². The minimum atomic E-state index is -4.13. The quantitative estimate of drug-likeness (QED) is 0.663. The molecular weight excluding hydrogens is 253 g/mol. The van der Waals surface area contributed by atoms with E-state index < -0.39 is 30.0 Å². The summed E-state index contributed by atoms with van der Waals surface area (Å²) in [7, 11) is 1.35. The van der Waals surface area contributed by atoms with Gasteiger partial charge in [0.05, 0.1) is 6.54 Å². The molecule has 110 valence electrons. The molecule has 0 N–H and O–H groups in total. The van der Waals surface area contributed by atoms with E-state index in [4.69, 9.17) is 0 Å². The maximum absolute atomic E-state index is 14.3. The zero-order valence-electron chi connectivity index (χ0n) is 11.7. The van der Waals surface area contributed by atoms with Crippen molar-refractivity contribution in [1.29, 1.82) is 0 Å². The number of rotatable bonds is 6. The lowest BCUT2D eigenvalue weighted by Crippen LogP contribution is -2.63. The van der Waals surface area contributed by atoms with Crippen molar-refractivity contribution in [3.63, 3.8) is 0 Å². The summed E-state index contributed by atoms with van der Waals surface area (Å²) >= 11 is 0. The van der Waals surface area contributed by atoms with Crippen LogP contribution in [0.25, 0.3) is 0 Å². The van der Waals surface area contributed by atoms with Gasteiger partial charge in [-0.3, -0.25) is 4.90 Å². The molecule has 1 nitrogen and oxygen atoms in total. The van der Waals surface area contributed by atoms with Crippen LogP contribution in [-0.2, 0) is 0 Å². The molecule has 0 aliphatic heterocycles. The fourth-order valence-electron chi connectivity index (χ4n) is 1.86. The molecule has 0 rings (SSSR count). The summed E-state index contributed by atoms with van der Waals surface area (Å²) in [6.07, 6.45) is 0. The molecule has 0 saturated carbocycles. The Morgan fingerprint density at radius 3 is 1.56 bits per heavy atom. The maximum atomic E-state index is 14.3. The highest BCUT2D eigenvalue weighted by Crippen LogP contribution is 2.49. The number of nitrogens with zero attached hydrogens (tertiary/aromatic N) is 1. The Bertz CT molecular complexity index is 272. The zero-order chi connectivity index (χ0) is 14.9. The summed E-state index contributed by atoms with van der Waals surface area (Å²) in [6, 6.07) is -0.280. The van der Waals surface area contributed by atoms with E-state index in [-0.39, 0.29) is 13.0 Å². The van der Waals surface area contributed by atoms with Crippen LogP contribution in [0.5, 0.6) is 0 Å². The molecule has 0 aliphatic rings. The summed E-state index contributed by atoms with van der Waals surface area (Å²) in [5, 5.41) is 0. The molecule has 18 heavy (non-hydrogen) atoms. The lowest BCUT2D eigenvalue weighted by molar-refractivity contribution is -0.263. The first-order chi connectivity index (χ1) is 7.77. The van der Waals surface area contributed by atoms with Gasteiger partial charge in [0.15, 0.2) is 0 Å². The van der Waals surface area contributed by atoms with Crippen molar-refractivity contribution in [3.05, 3.63) is 0 Å². The second-order valence-corrected chi connectivity index (χ2v) is 5.47. The number of hydrogen-bond donors (Lipinski definition) is 0. The van der Waals surface area contributed by atoms with E-state index >= 15 is 0 Å². The van der Waals surface area contributed by atoms with E-state index in [1.807, 2.05) is 0 Å². The molecule has 0 aromatic carbocycles. The Kier molecular flexibility index (Phi) is 5.19. The molecule has 1 atom stereocenters. The van der Waals surface area contributed by atoms with Crippen LogP contribution in [0.3, 0.4) is 0 Å². The van der Waals surface area contributed by atoms with Gasteiger partial charge in [-0.2, -0.15) is 0 Å². The highest BCUT2D eigenvalue weighted by molar-refractivity contribution is 5.05. The minimum absolute atomic E-state index is 0.205. The fourth-order valence-corrected chi connectivity index (χ4v) is 1.86. The van der Waals surface area contributed by atoms with Crippen LogP contribution in [0, 0.1) is 5.92 Å². The first-order valence-corrected chi connectivity index (χ1v) is 5.92. The Labute approximate surface area is 105 Å². The predicted molar refractivity (Wildman–Crippen MR) is 62.0 cm³/mol. The van der Waals surface area contributed by atoms with Gasteiger partial charge < -0.3 is 0 Å². The average molecular weight is 275 g/mol. The minimum Gasteiger partial charge on any atom is -0.298 e. The first-order valence-electron chi connectivity index (χ1n) is 5.92. The topological polar surface area (TPSA) is 3.24 Å². The van der Waals surface area contributed by atoms with Crippen LogP contribution in [0.15, 0.2) is 0 Å². The highest BCUT2D eigenvalue weighted by atomic mass is 19.3. The Balaban J connectivity index is 5.37. The number of hydrogen-bond acceptors (Lipinski definition) is 1. The molecular formula is C12H22F5N. The van der Waals surface area contributed by atoms with Gasteiger partial charge in [-0.25, -0.2) is 22.0 Å². The molecule has 0 bridgehead atoms. The Morgan fingerprint density at radius 2 is 1.33 bits per heavy atom. The number of halogens is 5. The van der Waals surface area contributed by atoms with Crippen LogP contribution in [0.2, 0.25) is 0 Å². The molecule has 0 saturated heterocycles. The van der Waals surface area contributed by atoms with E-state index in [1.54, 1.807) is 13.8 Å². The van der Waals surface area contributed by atoms with Crippen LogP contribution >= 0.6 is 0 Å². The second-order valence-electron chi connectivity index (χ2n) is 5.47. The van der Waals surface area contributed by atoms with Crippen molar-refractivity contribution >= 4 is 0 Å². The molecule has 0 aromatic heterocycles. The van der Waals surface area contributed by atoms with Crippen molar-refractivity contribution in [3.8, 4) is 0 Å². The van der Waals surface area contributed by atoms with Crippen molar-refractivity contribution in [2.75, 3.05) is 13.6 Å². The highest BCUT2D eigenvalue weighted by Gasteiger charge is 2.68. The van der Waals surface area contributed by atoms with Gasteiger partial charge in [-0.1, -0.05) is 13.8 Å². The largest absolute Gasteiger partial charge is 0.300 e. The summed E-state index contributed by atoms with van der Waals surface area (Å²) < 4.78 is 68.8. The summed E-state index contributed by atoms with van der Waals surface area (Å²) in [4.78, 5) is 1.16. The van der Waals surface area contributed by atoms with Gasteiger partial charge >= 0.3 is 0 Å². The predicted octanol–water partition coefficient (Wildman–Crippen LogP) is 3.98. The molecule has 0 radical (unpaired) electrons. The molecule has 0 spiro atoms. The van der Waals surface area contributed by atoms with Crippen LogP contribution in [0.4, 0.5) is 22.0 Å². The van der Waals surface area contributed by atoms with Crippen LogP contribution in [-0.4, -0.2) is 42.0 Å². The van der Waals surface area contributed by atoms with E-state index in [2.05, 4.69) is 0 Å².